The standard InChI is InChI=1S/C20H19N3O3S/c1-12-6-8-27-18(12)15-10-16(15)19(24)21-11-13-3-2-4-14(9-13)23-7-5-17(22-23)20(25)26/h2-9,15-16H,10-11H2,1H3,(H,21,24)(H,25,26). The van der Waals surface area contributed by atoms with Crippen molar-refractivity contribution in [3.63, 3.8) is 0 Å². The molecule has 0 spiro atoms. The lowest BCUT2D eigenvalue weighted by molar-refractivity contribution is -0.122. The van der Waals surface area contributed by atoms with E-state index in [4.69, 9.17) is 5.11 Å². The van der Waals surface area contributed by atoms with E-state index in [0.29, 0.717) is 12.5 Å². The molecular weight excluding hydrogens is 362 g/mol. The van der Waals surface area contributed by atoms with Crippen LogP contribution in [0.5, 0.6) is 0 Å². The summed E-state index contributed by atoms with van der Waals surface area (Å²) >= 11 is 1.73. The number of carboxylic acid groups (broad SMARTS) is 1. The molecule has 1 aliphatic rings. The topological polar surface area (TPSA) is 84.2 Å². The van der Waals surface area contributed by atoms with Gasteiger partial charge < -0.3 is 10.4 Å². The number of carbonyl (C=O) groups excluding carboxylic acids is 1. The Bertz CT molecular complexity index is 1010. The molecule has 0 bridgehead atoms. The summed E-state index contributed by atoms with van der Waals surface area (Å²) in [6, 6.07) is 11.1. The molecular formula is C20H19N3O3S. The van der Waals surface area contributed by atoms with Crippen molar-refractivity contribution in [2.24, 2.45) is 5.92 Å². The highest BCUT2D eigenvalue weighted by Gasteiger charge is 2.45. The van der Waals surface area contributed by atoms with Crippen LogP contribution >= 0.6 is 11.3 Å². The third kappa shape index (κ3) is 3.64. The van der Waals surface area contributed by atoms with Crippen LogP contribution in [0.1, 0.15) is 38.8 Å². The molecule has 1 aliphatic carbocycles. The molecule has 6 nitrogen and oxygen atoms in total. The van der Waals surface area contributed by atoms with E-state index in [2.05, 4.69) is 28.8 Å². The van der Waals surface area contributed by atoms with Gasteiger partial charge in [-0.3, -0.25) is 4.79 Å². The van der Waals surface area contributed by atoms with E-state index >= 15 is 0 Å². The monoisotopic (exact) mass is 381 g/mol. The van der Waals surface area contributed by atoms with Gasteiger partial charge in [-0.15, -0.1) is 11.3 Å². The van der Waals surface area contributed by atoms with Gasteiger partial charge in [-0.25, -0.2) is 9.48 Å². The summed E-state index contributed by atoms with van der Waals surface area (Å²) in [6.45, 7) is 2.53. The third-order valence-electron chi connectivity index (χ3n) is 4.82. The van der Waals surface area contributed by atoms with Gasteiger partial charge in [0.15, 0.2) is 5.69 Å². The van der Waals surface area contributed by atoms with Crippen LogP contribution in [0.3, 0.4) is 0 Å². The van der Waals surface area contributed by atoms with E-state index in [1.54, 1.807) is 17.5 Å². The molecule has 2 N–H and O–H groups in total. The van der Waals surface area contributed by atoms with Crippen molar-refractivity contribution < 1.29 is 14.7 Å². The molecule has 2 aromatic heterocycles. The molecule has 138 valence electrons. The van der Waals surface area contributed by atoms with Gasteiger partial charge in [0.1, 0.15) is 0 Å². The van der Waals surface area contributed by atoms with E-state index in [0.717, 1.165) is 17.7 Å². The third-order valence-corrected chi connectivity index (χ3v) is 5.97. The van der Waals surface area contributed by atoms with Gasteiger partial charge in [0.2, 0.25) is 5.91 Å². The number of aromatic carboxylic acids is 1. The molecule has 3 aromatic rings. The number of amides is 1. The summed E-state index contributed by atoms with van der Waals surface area (Å²) in [5.74, 6) is -0.549. The van der Waals surface area contributed by atoms with E-state index in [1.165, 1.54) is 21.2 Å². The number of aryl methyl sites for hydroxylation is 1. The Balaban J connectivity index is 1.38. The fraction of sp³-hybridized carbons (Fsp3) is 0.250. The van der Waals surface area contributed by atoms with Crippen molar-refractivity contribution in [3.8, 4) is 5.69 Å². The van der Waals surface area contributed by atoms with E-state index in [1.807, 2.05) is 24.3 Å². The summed E-state index contributed by atoms with van der Waals surface area (Å²) in [5, 5.41) is 18.1. The molecule has 2 heterocycles. The average Bonchev–Trinajstić information content (AvgIpc) is 3.08. The SMILES string of the molecule is Cc1ccsc1C1CC1C(=O)NCc1cccc(-n2ccc(C(=O)O)n2)c1. The molecule has 2 unspecified atom stereocenters. The van der Waals surface area contributed by atoms with Gasteiger partial charge >= 0.3 is 5.97 Å². The molecule has 1 fully saturated rings. The predicted molar refractivity (Wildman–Crippen MR) is 102 cm³/mol. The van der Waals surface area contributed by atoms with E-state index in [-0.39, 0.29) is 17.5 Å². The molecule has 1 aromatic carbocycles. The molecule has 7 heteroatoms. The lowest BCUT2D eigenvalue weighted by Gasteiger charge is -2.08. The number of benzene rings is 1. The van der Waals surface area contributed by atoms with E-state index < -0.39 is 5.97 Å². The predicted octanol–water partition coefficient (Wildman–Crippen LogP) is 3.36. The fourth-order valence-electron chi connectivity index (χ4n) is 3.25. The summed E-state index contributed by atoms with van der Waals surface area (Å²) in [5.41, 5.74) is 2.97. The maximum Gasteiger partial charge on any atom is 0.356 e. The van der Waals surface area contributed by atoms with Crippen molar-refractivity contribution in [1.29, 1.82) is 0 Å². The van der Waals surface area contributed by atoms with Gasteiger partial charge in [-0.2, -0.15) is 5.10 Å². The first-order chi connectivity index (χ1) is 13.0. The highest BCUT2D eigenvalue weighted by molar-refractivity contribution is 7.10. The number of thiophene rings is 1. The number of hydrogen-bond donors (Lipinski definition) is 2. The number of hydrogen-bond acceptors (Lipinski definition) is 4. The molecule has 2 atom stereocenters. The van der Waals surface area contributed by atoms with Gasteiger partial charge in [0, 0.05) is 29.5 Å². The zero-order chi connectivity index (χ0) is 19.0. The van der Waals surface area contributed by atoms with Gasteiger partial charge in [0.05, 0.1) is 5.69 Å². The van der Waals surface area contributed by atoms with Crippen LogP contribution in [0.4, 0.5) is 0 Å². The van der Waals surface area contributed by atoms with Crippen LogP contribution in [0, 0.1) is 12.8 Å². The van der Waals surface area contributed by atoms with Crippen molar-refractivity contribution in [1.82, 2.24) is 15.1 Å². The minimum absolute atomic E-state index is 0.00245. The first-order valence-electron chi connectivity index (χ1n) is 8.73. The van der Waals surface area contributed by atoms with E-state index in [9.17, 15) is 9.59 Å². The molecule has 0 radical (unpaired) electrons. The fourth-order valence-corrected chi connectivity index (χ4v) is 4.36. The number of aromatic nitrogens is 2. The minimum Gasteiger partial charge on any atom is -0.476 e. The maximum atomic E-state index is 12.4. The number of rotatable bonds is 6. The minimum atomic E-state index is -1.06. The Morgan fingerprint density at radius 3 is 2.89 bits per heavy atom. The van der Waals surface area contributed by atoms with Gasteiger partial charge in [-0.1, -0.05) is 12.1 Å². The van der Waals surface area contributed by atoms with Gasteiger partial charge in [-0.05, 0) is 54.1 Å². The smallest absolute Gasteiger partial charge is 0.356 e. The number of nitrogens with zero attached hydrogens (tertiary/aromatic N) is 2. The molecule has 27 heavy (non-hydrogen) atoms. The quantitative estimate of drug-likeness (QED) is 0.686. The molecule has 4 rings (SSSR count). The van der Waals surface area contributed by atoms with Crippen molar-refractivity contribution in [3.05, 3.63) is 69.7 Å². The first kappa shape index (κ1) is 17.5. The highest BCUT2D eigenvalue weighted by Crippen LogP contribution is 2.50. The maximum absolute atomic E-state index is 12.4. The molecule has 1 saturated carbocycles. The van der Waals surface area contributed by atoms with Crippen LogP contribution < -0.4 is 5.32 Å². The highest BCUT2D eigenvalue weighted by atomic mass is 32.1. The second kappa shape index (κ2) is 7.00. The Morgan fingerprint density at radius 1 is 1.33 bits per heavy atom. The zero-order valence-corrected chi connectivity index (χ0v) is 15.6. The molecule has 1 amide bonds. The van der Waals surface area contributed by atoms with Crippen LogP contribution in [-0.4, -0.2) is 26.8 Å². The van der Waals surface area contributed by atoms with Crippen LogP contribution in [0.2, 0.25) is 0 Å². The Labute approximate surface area is 160 Å². The van der Waals surface area contributed by atoms with Crippen molar-refractivity contribution >= 4 is 23.2 Å². The Morgan fingerprint density at radius 2 is 2.19 bits per heavy atom. The average molecular weight is 381 g/mol. The number of carbonyl (C=O) groups is 2. The van der Waals surface area contributed by atoms with Gasteiger partial charge in [0.25, 0.3) is 0 Å². The van der Waals surface area contributed by atoms with Crippen molar-refractivity contribution in [2.45, 2.75) is 25.8 Å². The van der Waals surface area contributed by atoms with Crippen LogP contribution in [0.15, 0.2) is 48.0 Å². The number of carboxylic acids is 1. The zero-order valence-electron chi connectivity index (χ0n) is 14.8. The Hall–Kier alpha value is -2.93. The normalized spacial score (nSPS) is 18.3. The lowest BCUT2D eigenvalue weighted by atomic mass is 10.1. The summed E-state index contributed by atoms with van der Waals surface area (Å²) in [4.78, 5) is 24.7. The van der Waals surface area contributed by atoms with Crippen LogP contribution in [-0.2, 0) is 11.3 Å². The van der Waals surface area contributed by atoms with Crippen LogP contribution in [0.25, 0.3) is 5.69 Å². The number of nitrogens with one attached hydrogen (secondary N) is 1. The summed E-state index contributed by atoms with van der Waals surface area (Å²) < 4.78 is 1.52. The van der Waals surface area contributed by atoms with Crippen molar-refractivity contribution in [2.75, 3.05) is 0 Å². The Kier molecular flexibility index (Phi) is 4.53. The summed E-state index contributed by atoms with van der Waals surface area (Å²) in [6.07, 6.45) is 2.53. The summed E-state index contributed by atoms with van der Waals surface area (Å²) in [7, 11) is 0. The second-order valence-corrected chi connectivity index (χ2v) is 7.70. The second-order valence-electron chi connectivity index (χ2n) is 6.75. The lowest BCUT2D eigenvalue weighted by Crippen LogP contribution is -2.24. The largest absolute Gasteiger partial charge is 0.476 e. The molecule has 0 aliphatic heterocycles. The first-order valence-corrected chi connectivity index (χ1v) is 9.61. The molecule has 0 saturated heterocycles.